The van der Waals surface area contributed by atoms with Gasteiger partial charge in [0.05, 0.1) is 22.2 Å². The first-order chi connectivity index (χ1) is 9.42. The molecule has 1 aromatic heterocycles. The molecular formula is C13H17Cl2N3O2. The fraction of sp³-hybridized carbons (Fsp3) is 0.538. The van der Waals surface area contributed by atoms with Crippen LogP contribution in [-0.2, 0) is 4.79 Å². The molecule has 2 heterocycles. The molecule has 0 unspecified atom stereocenters. The molecule has 1 aliphatic heterocycles. The fourth-order valence-corrected chi connectivity index (χ4v) is 2.83. The molecule has 1 aliphatic rings. The normalized spacial score (nSPS) is 17.6. The Morgan fingerprint density at radius 1 is 1.55 bits per heavy atom. The van der Waals surface area contributed by atoms with Crippen LogP contribution in [-0.4, -0.2) is 46.1 Å². The van der Waals surface area contributed by atoms with Crippen molar-refractivity contribution in [2.75, 3.05) is 25.0 Å². The van der Waals surface area contributed by atoms with Crippen LogP contribution in [0.4, 0.5) is 5.82 Å². The zero-order valence-corrected chi connectivity index (χ0v) is 12.7. The van der Waals surface area contributed by atoms with Gasteiger partial charge in [-0.3, -0.25) is 9.69 Å². The van der Waals surface area contributed by atoms with Crippen molar-refractivity contribution in [3.05, 3.63) is 22.3 Å². The molecule has 0 bridgehead atoms. The number of carbonyl (C=O) groups is 1. The van der Waals surface area contributed by atoms with Gasteiger partial charge in [-0.2, -0.15) is 0 Å². The lowest BCUT2D eigenvalue weighted by atomic mass is 9.89. The van der Waals surface area contributed by atoms with Gasteiger partial charge in [-0.25, -0.2) is 4.98 Å². The molecule has 0 aliphatic carbocycles. The highest BCUT2D eigenvalue weighted by molar-refractivity contribution is 6.36. The molecule has 0 radical (unpaired) electrons. The number of aliphatic hydroxyl groups is 1. The smallest absolute Gasteiger partial charge is 0.239 e. The van der Waals surface area contributed by atoms with Crippen LogP contribution in [0.3, 0.4) is 0 Å². The van der Waals surface area contributed by atoms with Crippen molar-refractivity contribution in [2.45, 2.75) is 25.4 Å². The number of hydrogen-bond donors (Lipinski definition) is 2. The number of nitrogens with zero attached hydrogens (tertiary/aromatic N) is 2. The van der Waals surface area contributed by atoms with Crippen LogP contribution in [0.15, 0.2) is 12.3 Å². The number of halogens is 2. The summed E-state index contributed by atoms with van der Waals surface area (Å²) in [5.41, 5.74) is -0.634. The van der Waals surface area contributed by atoms with Crippen molar-refractivity contribution in [2.24, 2.45) is 0 Å². The number of pyridine rings is 1. The molecule has 20 heavy (non-hydrogen) atoms. The third-order valence-electron chi connectivity index (χ3n) is 3.18. The summed E-state index contributed by atoms with van der Waals surface area (Å²) in [4.78, 5) is 17.7. The van der Waals surface area contributed by atoms with E-state index in [-0.39, 0.29) is 12.5 Å². The number of nitrogens with one attached hydrogen (secondary N) is 1. The monoisotopic (exact) mass is 317 g/mol. The van der Waals surface area contributed by atoms with Crippen molar-refractivity contribution < 1.29 is 9.90 Å². The summed E-state index contributed by atoms with van der Waals surface area (Å²) in [5, 5.41) is 13.4. The van der Waals surface area contributed by atoms with Crippen molar-refractivity contribution >= 4 is 34.9 Å². The highest BCUT2D eigenvalue weighted by Crippen LogP contribution is 2.26. The first kappa shape index (κ1) is 15.5. The summed E-state index contributed by atoms with van der Waals surface area (Å²) < 4.78 is 0. The molecule has 1 aromatic rings. The Kier molecular flexibility index (Phi) is 4.86. The van der Waals surface area contributed by atoms with Gasteiger partial charge in [-0.1, -0.05) is 36.5 Å². The van der Waals surface area contributed by atoms with Gasteiger partial charge in [0.25, 0.3) is 0 Å². The highest BCUT2D eigenvalue weighted by atomic mass is 35.5. The summed E-state index contributed by atoms with van der Waals surface area (Å²) >= 11 is 11.7. The predicted molar refractivity (Wildman–Crippen MR) is 79.2 cm³/mol. The number of hydrogen-bond acceptors (Lipinski definition) is 4. The van der Waals surface area contributed by atoms with Crippen molar-refractivity contribution in [1.82, 2.24) is 9.88 Å². The number of β-amino-alcohol motifs (C(OH)–C–C–N with tert-alkyl or cyclic N) is 1. The average molecular weight is 318 g/mol. The second-order valence-electron chi connectivity index (χ2n) is 5.15. The maximum absolute atomic E-state index is 11.9. The summed E-state index contributed by atoms with van der Waals surface area (Å²) in [6.07, 6.45) is 3.11. The number of amides is 1. The zero-order chi connectivity index (χ0) is 14.8. The van der Waals surface area contributed by atoms with Gasteiger partial charge in [0, 0.05) is 19.3 Å². The average Bonchev–Trinajstić information content (AvgIpc) is 2.31. The van der Waals surface area contributed by atoms with E-state index < -0.39 is 5.60 Å². The van der Waals surface area contributed by atoms with E-state index in [2.05, 4.69) is 10.3 Å². The lowest BCUT2D eigenvalue weighted by Crippen LogP contribution is -2.62. The largest absolute Gasteiger partial charge is 0.387 e. The van der Waals surface area contributed by atoms with E-state index >= 15 is 0 Å². The van der Waals surface area contributed by atoms with E-state index in [1.165, 1.54) is 12.3 Å². The Balaban J connectivity index is 1.82. The van der Waals surface area contributed by atoms with Gasteiger partial charge in [0.15, 0.2) is 5.82 Å². The van der Waals surface area contributed by atoms with Crippen LogP contribution in [0.2, 0.25) is 10.0 Å². The lowest BCUT2D eigenvalue weighted by Gasteiger charge is -2.46. The minimum absolute atomic E-state index is 0.208. The number of carbonyl (C=O) groups excluding carboxylic acids is 1. The van der Waals surface area contributed by atoms with Gasteiger partial charge >= 0.3 is 0 Å². The fourth-order valence-electron chi connectivity index (χ4n) is 2.40. The van der Waals surface area contributed by atoms with E-state index in [0.717, 1.165) is 12.8 Å². The van der Waals surface area contributed by atoms with Crippen LogP contribution >= 0.6 is 23.2 Å². The molecule has 1 fully saturated rings. The van der Waals surface area contributed by atoms with Gasteiger partial charge in [0.1, 0.15) is 0 Å². The Bertz CT molecular complexity index is 504. The maximum Gasteiger partial charge on any atom is 0.239 e. The molecule has 110 valence electrons. The molecule has 5 nitrogen and oxygen atoms in total. The summed E-state index contributed by atoms with van der Waals surface area (Å²) in [6, 6.07) is 1.52. The molecule has 0 atom stereocenters. The van der Waals surface area contributed by atoms with Crippen LogP contribution < -0.4 is 5.32 Å². The van der Waals surface area contributed by atoms with Gasteiger partial charge < -0.3 is 10.4 Å². The third kappa shape index (κ3) is 3.82. The van der Waals surface area contributed by atoms with Gasteiger partial charge in [0.2, 0.25) is 5.91 Å². The highest BCUT2D eigenvalue weighted by Gasteiger charge is 2.40. The lowest BCUT2D eigenvalue weighted by molar-refractivity contribution is -0.129. The minimum Gasteiger partial charge on any atom is -0.387 e. The molecule has 2 rings (SSSR count). The molecule has 1 saturated heterocycles. The molecule has 0 aromatic carbocycles. The van der Waals surface area contributed by atoms with Gasteiger partial charge in [-0.05, 0) is 12.5 Å². The number of rotatable bonds is 5. The molecule has 1 amide bonds. The van der Waals surface area contributed by atoms with E-state index in [9.17, 15) is 9.90 Å². The quantitative estimate of drug-likeness (QED) is 0.873. The van der Waals surface area contributed by atoms with Crippen molar-refractivity contribution in [1.29, 1.82) is 0 Å². The van der Waals surface area contributed by atoms with Gasteiger partial charge in [-0.15, -0.1) is 0 Å². The first-order valence-electron chi connectivity index (χ1n) is 6.47. The Morgan fingerprint density at radius 2 is 2.25 bits per heavy atom. The Labute approximate surface area is 127 Å². The SMILES string of the molecule is CCCC1(O)CN(CC(=O)Nc2ncc(Cl)cc2Cl)C1. The summed E-state index contributed by atoms with van der Waals surface area (Å²) in [6.45, 7) is 3.29. The number of anilines is 1. The molecule has 2 N–H and O–H groups in total. The Hall–Kier alpha value is -0.880. The first-order valence-corrected chi connectivity index (χ1v) is 7.23. The minimum atomic E-state index is -0.634. The van der Waals surface area contributed by atoms with E-state index in [4.69, 9.17) is 23.2 Å². The topological polar surface area (TPSA) is 65.5 Å². The third-order valence-corrected chi connectivity index (χ3v) is 3.68. The standard InChI is InChI=1S/C13H17Cl2N3O2/c1-2-3-13(20)7-18(8-13)6-11(19)17-12-10(15)4-9(14)5-16-12/h4-5,20H,2-3,6-8H2,1H3,(H,16,17,19). The van der Waals surface area contributed by atoms with Crippen molar-refractivity contribution in [3.63, 3.8) is 0 Å². The number of likely N-dealkylation sites (tertiary alicyclic amines) is 1. The summed E-state index contributed by atoms with van der Waals surface area (Å²) in [7, 11) is 0. The molecule has 0 spiro atoms. The molecule has 7 heteroatoms. The van der Waals surface area contributed by atoms with E-state index in [1.54, 1.807) is 0 Å². The molecule has 0 saturated carbocycles. The summed E-state index contributed by atoms with van der Waals surface area (Å²) in [5.74, 6) is 0.0886. The van der Waals surface area contributed by atoms with Crippen LogP contribution in [0, 0.1) is 0 Å². The van der Waals surface area contributed by atoms with Crippen molar-refractivity contribution in [3.8, 4) is 0 Å². The second-order valence-corrected chi connectivity index (χ2v) is 6.00. The Morgan fingerprint density at radius 3 is 2.85 bits per heavy atom. The maximum atomic E-state index is 11.9. The predicted octanol–water partition coefficient (Wildman–Crippen LogP) is 2.17. The van der Waals surface area contributed by atoms with E-state index in [0.29, 0.717) is 29.0 Å². The van der Waals surface area contributed by atoms with Crippen LogP contribution in [0.5, 0.6) is 0 Å². The number of aromatic nitrogens is 1. The molecular weight excluding hydrogens is 301 g/mol. The van der Waals surface area contributed by atoms with E-state index in [1.807, 2.05) is 11.8 Å². The van der Waals surface area contributed by atoms with Crippen LogP contribution in [0.25, 0.3) is 0 Å². The van der Waals surface area contributed by atoms with Crippen LogP contribution in [0.1, 0.15) is 19.8 Å². The zero-order valence-electron chi connectivity index (χ0n) is 11.2. The second kappa shape index (κ2) is 6.26.